The van der Waals surface area contributed by atoms with E-state index in [9.17, 15) is 8.42 Å². The molecule has 0 rings (SSSR count). The van der Waals surface area contributed by atoms with Gasteiger partial charge in [-0.2, -0.15) is 8.42 Å². The van der Waals surface area contributed by atoms with Crippen molar-refractivity contribution in [1.29, 1.82) is 0 Å². The molecule has 0 saturated heterocycles. The molecule has 0 saturated carbocycles. The summed E-state index contributed by atoms with van der Waals surface area (Å²) in [6.45, 7) is 1.51. The second kappa shape index (κ2) is 6.18. The van der Waals surface area contributed by atoms with Crippen LogP contribution in [0.2, 0.25) is 0 Å². The van der Waals surface area contributed by atoms with Gasteiger partial charge < -0.3 is 5.73 Å². The van der Waals surface area contributed by atoms with Gasteiger partial charge in [0.25, 0.3) is 10.1 Å². The van der Waals surface area contributed by atoms with E-state index >= 15 is 0 Å². The van der Waals surface area contributed by atoms with Crippen LogP contribution >= 0.6 is 24.8 Å². The van der Waals surface area contributed by atoms with Crippen LogP contribution in [0.4, 0.5) is 0 Å². The molecule has 0 aliphatic heterocycles. The van der Waals surface area contributed by atoms with Crippen molar-refractivity contribution in [3.8, 4) is 0 Å². The lowest BCUT2D eigenvalue weighted by molar-refractivity contribution is 0.479. The van der Waals surface area contributed by atoms with Gasteiger partial charge in [-0.15, -0.1) is 24.8 Å². The quantitative estimate of drug-likeness (QED) is 0.634. The minimum Gasteiger partial charge on any atom is -0.327 e. The number of hydrogen-bond acceptors (Lipinski definition) is 3. The molecule has 4 nitrogen and oxygen atoms in total. The molecule has 0 aromatic rings. The second-order valence-electron chi connectivity index (χ2n) is 1.73. The third-order valence-electron chi connectivity index (χ3n) is 0.474. The predicted molar refractivity (Wildman–Crippen MR) is 44.6 cm³/mol. The largest absolute Gasteiger partial charge is 0.327 e. The smallest absolute Gasteiger partial charge is 0.266 e. The number of nitrogens with two attached hydrogens (primary N) is 1. The van der Waals surface area contributed by atoms with E-state index in [2.05, 4.69) is 0 Å². The van der Waals surface area contributed by atoms with Crippen LogP contribution < -0.4 is 5.73 Å². The molecule has 1 atom stereocenters. The Bertz CT molecular complexity index is 155. The Morgan fingerprint density at radius 1 is 1.50 bits per heavy atom. The summed E-state index contributed by atoms with van der Waals surface area (Å²) in [5.41, 5.74) is 5.04. The Morgan fingerprint density at radius 3 is 1.80 bits per heavy atom. The lowest BCUT2D eigenvalue weighted by atomic mass is 10.4. The van der Waals surface area contributed by atoms with Gasteiger partial charge in [-0.05, 0) is 6.92 Å². The molecule has 0 aromatic carbocycles. The fourth-order valence-corrected chi connectivity index (χ4v) is 0.997. The molecule has 0 fully saturated rings. The summed E-state index contributed by atoms with van der Waals surface area (Å²) in [6, 6.07) is -0.495. The van der Waals surface area contributed by atoms with Crippen LogP contribution in [0.5, 0.6) is 0 Å². The van der Waals surface area contributed by atoms with Crippen molar-refractivity contribution in [1.82, 2.24) is 0 Å². The standard InChI is InChI=1S/C3H9NO3S.2ClH/c1-3(4)2-8(5,6)7;;/h3H,2,4H2,1H3,(H,5,6,7);2*1H/t3-;;/m0../s1. The summed E-state index contributed by atoms with van der Waals surface area (Å²) < 4.78 is 27.9. The van der Waals surface area contributed by atoms with Gasteiger partial charge in [0.15, 0.2) is 0 Å². The highest BCUT2D eigenvalue weighted by Gasteiger charge is 2.06. The highest BCUT2D eigenvalue weighted by atomic mass is 35.5. The van der Waals surface area contributed by atoms with Crippen molar-refractivity contribution in [2.75, 3.05) is 5.75 Å². The molecule has 10 heavy (non-hydrogen) atoms. The first kappa shape index (κ1) is 16.8. The SMILES string of the molecule is C[C@H](N)CS(=O)(=O)O.Cl.Cl. The van der Waals surface area contributed by atoms with Gasteiger partial charge in [0, 0.05) is 6.04 Å². The lowest BCUT2D eigenvalue weighted by Gasteiger charge is -1.98. The Labute approximate surface area is 72.7 Å². The van der Waals surface area contributed by atoms with Crippen LogP contribution in [0.15, 0.2) is 0 Å². The van der Waals surface area contributed by atoms with Crippen LogP contribution in [0.3, 0.4) is 0 Å². The molecular weight excluding hydrogens is 201 g/mol. The normalized spacial score (nSPS) is 12.7. The van der Waals surface area contributed by atoms with Crippen molar-refractivity contribution >= 4 is 34.9 Å². The Kier molecular flexibility index (Phi) is 10.4. The van der Waals surface area contributed by atoms with Gasteiger partial charge in [-0.3, -0.25) is 4.55 Å². The second-order valence-corrected chi connectivity index (χ2v) is 3.22. The highest BCUT2D eigenvalue weighted by molar-refractivity contribution is 7.85. The van der Waals surface area contributed by atoms with Crippen LogP contribution in [0, 0.1) is 0 Å². The fraction of sp³-hybridized carbons (Fsp3) is 1.00. The first-order valence-electron chi connectivity index (χ1n) is 2.12. The minimum atomic E-state index is -3.85. The summed E-state index contributed by atoms with van der Waals surface area (Å²) in [6.07, 6.45) is 0. The van der Waals surface area contributed by atoms with E-state index < -0.39 is 16.2 Å². The molecule has 0 bridgehead atoms. The lowest BCUT2D eigenvalue weighted by Crippen LogP contribution is -2.25. The molecule has 0 radical (unpaired) electrons. The maximum atomic E-state index is 9.92. The van der Waals surface area contributed by atoms with E-state index in [1.807, 2.05) is 0 Å². The van der Waals surface area contributed by atoms with E-state index in [-0.39, 0.29) is 30.6 Å². The number of hydrogen-bond donors (Lipinski definition) is 2. The minimum absolute atomic E-state index is 0. The van der Waals surface area contributed by atoms with Crippen molar-refractivity contribution in [2.45, 2.75) is 13.0 Å². The van der Waals surface area contributed by atoms with Gasteiger partial charge in [0.2, 0.25) is 0 Å². The number of halogens is 2. The zero-order valence-corrected chi connectivity index (χ0v) is 7.80. The van der Waals surface area contributed by atoms with E-state index in [0.717, 1.165) is 0 Å². The summed E-state index contributed by atoms with van der Waals surface area (Å²) in [5.74, 6) is -0.368. The molecule has 66 valence electrons. The maximum Gasteiger partial charge on any atom is 0.266 e. The zero-order valence-electron chi connectivity index (χ0n) is 5.35. The van der Waals surface area contributed by atoms with Crippen LogP contribution in [0.25, 0.3) is 0 Å². The van der Waals surface area contributed by atoms with Crippen molar-refractivity contribution in [3.05, 3.63) is 0 Å². The topological polar surface area (TPSA) is 80.4 Å². The van der Waals surface area contributed by atoms with E-state index in [4.69, 9.17) is 10.3 Å². The molecule has 0 aliphatic carbocycles. The summed E-state index contributed by atoms with van der Waals surface area (Å²) in [7, 11) is -3.85. The van der Waals surface area contributed by atoms with Gasteiger partial charge >= 0.3 is 0 Å². The van der Waals surface area contributed by atoms with Crippen molar-refractivity contribution < 1.29 is 13.0 Å². The monoisotopic (exact) mass is 211 g/mol. The van der Waals surface area contributed by atoms with E-state index in [1.54, 1.807) is 0 Å². The third kappa shape index (κ3) is 15.8. The first-order valence-corrected chi connectivity index (χ1v) is 3.73. The summed E-state index contributed by atoms with van der Waals surface area (Å²) in [5, 5.41) is 0. The van der Waals surface area contributed by atoms with Gasteiger partial charge in [0.1, 0.15) is 0 Å². The Morgan fingerprint density at radius 2 is 1.80 bits per heavy atom. The van der Waals surface area contributed by atoms with E-state index in [1.165, 1.54) is 6.92 Å². The average Bonchev–Trinajstić information content (AvgIpc) is 1.21. The highest BCUT2D eigenvalue weighted by Crippen LogP contribution is 1.83. The molecule has 3 N–H and O–H groups in total. The predicted octanol–water partition coefficient (Wildman–Crippen LogP) is 0.0650. The fourth-order valence-electron chi connectivity index (χ4n) is 0.332. The van der Waals surface area contributed by atoms with Crippen molar-refractivity contribution in [3.63, 3.8) is 0 Å². The third-order valence-corrected chi connectivity index (χ3v) is 1.42. The molecule has 0 unspecified atom stereocenters. The Hall–Kier alpha value is 0.450. The molecule has 0 amide bonds. The number of rotatable bonds is 2. The molecule has 0 spiro atoms. The van der Waals surface area contributed by atoms with Gasteiger partial charge in [-0.1, -0.05) is 0 Å². The van der Waals surface area contributed by atoms with E-state index in [0.29, 0.717) is 0 Å². The van der Waals surface area contributed by atoms with Gasteiger partial charge in [0.05, 0.1) is 5.75 Å². The van der Waals surface area contributed by atoms with Crippen molar-refractivity contribution in [2.24, 2.45) is 5.73 Å². The van der Waals surface area contributed by atoms with Gasteiger partial charge in [-0.25, -0.2) is 0 Å². The summed E-state index contributed by atoms with van der Waals surface area (Å²) in [4.78, 5) is 0. The molecule has 7 heteroatoms. The van der Waals surface area contributed by atoms with Crippen LogP contribution in [-0.4, -0.2) is 24.8 Å². The molecule has 0 aliphatic rings. The zero-order chi connectivity index (χ0) is 6.78. The summed E-state index contributed by atoms with van der Waals surface area (Å²) >= 11 is 0. The van der Waals surface area contributed by atoms with Crippen LogP contribution in [0.1, 0.15) is 6.92 Å². The first-order chi connectivity index (χ1) is 3.42. The van der Waals surface area contributed by atoms with Crippen LogP contribution in [-0.2, 0) is 10.1 Å². The molecule has 0 aromatic heterocycles. The Balaban J connectivity index is -0.000000245. The average molecular weight is 212 g/mol. The molecular formula is C3H11Cl2NO3S. The maximum absolute atomic E-state index is 9.92. The molecule has 0 heterocycles.